The molecule has 0 fully saturated rings. The zero-order chi connectivity index (χ0) is 10.7. The molecule has 3 nitrogen and oxygen atoms in total. The lowest BCUT2D eigenvalue weighted by molar-refractivity contribution is 1.04. The fraction of sp³-hybridized carbons (Fsp3) is 0.250. The van der Waals surface area contributed by atoms with Gasteiger partial charge in [0.05, 0.1) is 6.20 Å². The highest BCUT2D eigenvalue weighted by Gasteiger charge is 1.99. The van der Waals surface area contributed by atoms with Crippen LogP contribution in [0.1, 0.15) is 16.8 Å². The van der Waals surface area contributed by atoms with Gasteiger partial charge in [-0.05, 0) is 26.0 Å². The zero-order valence-corrected chi connectivity index (χ0v) is 9.04. The van der Waals surface area contributed by atoms with Crippen LogP contribution in [0.5, 0.6) is 0 Å². The van der Waals surface area contributed by atoms with Crippen molar-refractivity contribution in [2.75, 3.05) is 5.32 Å². The highest BCUT2D eigenvalue weighted by atomic mass is 15.1. The van der Waals surface area contributed by atoms with Gasteiger partial charge in [0.2, 0.25) is 0 Å². The Morgan fingerprint density at radius 2 is 1.93 bits per heavy atom. The summed E-state index contributed by atoms with van der Waals surface area (Å²) >= 11 is 0. The van der Waals surface area contributed by atoms with Crippen LogP contribution in [0.3, 0.4) is 0 Å². The Labute approximate surface area is 89.5 Å². The summed E-state index contributed by atoms with van der Waals surface area (Å²) in [5.41, 5.74) is 4.74. The van der Waals surface area contributed by atoms with Gasteiger partial charge in [0.25, 0.3) is 0 Å². The molecular formula is C12H15N3. The van der Waals surface area contributed by atoms with E-state index in [4.69, 9.17) is 0 Å². The molecule has 0 aliphatic rings. The summed E-state index contributed by atoms with van der Waals surface area (Å²) < 4.78 is 0. The Morgan fingerprint density at radius 1 is 1.20 bits per heavy atom. The normalized spacial score (nSPS) is 10.3. The molecule has 0 saturated carbocycles. The molecule has 1 aromatic heterocycles. The van der Waals surface area contributed by atoms with Crippen molar-refractivity contribution in [2.24, 2.45) is 0 Å². The molecule has 15 heavy (non-hydrogen) atoms. The average molecular weight is 201 g/mol. The predicted molar refractivity (Wildman–Crippen MR) is 61.8 cm³/mol. The highest BCUT2D eigenvalue weighted by Crippen LogP contribution is 2.11. The first kappa shape index (κ1) is 9.77. The standard InChI is InChI=1S/C12H15N3/c1-9-3-5-12(6-4-9)13-7-11-8-14-15-10(11)2/h3-6,8,13H,7H2,1-2H3,(H,14,15). The second kappa shape index (κ2) is 4.17. The van der Waals surface area contributed by atoms with E-state index < -0.39 is 0 Å². The van der Waals surface area contributed by atoms with E-state index in [1.54, 1.807) is 0 Å². The van der Waals surface area contributed by atoms with Crippen LogP contribution in [-0.4, -0.2) is 10.2 Å². The molecule has 2 aromatic rings. The number of hydrogen-bond acceptors (Lipinski definition) is 2. The second-order valence-corrected chi connectivity index (χ2v) is 3.74. The largest absolute Gasteiger partial charge is 0.381 e. The fourth-order valence-corrected chi connectivity index (χ4v) is 1.42. The molecule has 1 heterocycles. The minimum absolute atomic E-state index is 0.811. The molecule has 0 amide bonds. The Balaban J connectivity index is 1.99. The van der Waals surface area contributed by atoms with Crippen LogP contribution in [0.15, 0.2) is 30.5 Å². The maximum Gasteiger partial charge on any atom is 0.0539 e. The third kappa shape index (κ3) is 2.37. The summed E-state index contributed by atoms with van der Waals surface area (Å²) in [6, 6.07) is 8.38. The Bertz CT molecular complexity index is 428. The maximum absolute atomic E-state index is 3.98. The van der Waals surface area contributed by atoms with Crippen LogP contribution in [0, 0.1) is 13.8 Å². The monoisotopic (exact) mass is 201 g/mol. The van der Waals surface area contributed by atoms with Gasteiger partial charge >= 0.3 is 0 Å². The number of aryl methyl sites for hydroxylation is 2. The fourth-order valence-electron chi connectivity index (χ4n) is 1.42. The van der Waals surface area contributed by atoms with Gasteiger partial charge in [0.15, 0.2) is 0 Å². The smallest absolute Gasteiger partial charge is 0.0539 e. The summed E-state index contributed by atoms with van der Waals surface area (Å²) in [5.74, 6) is 0. The van der Waals surface area contributed by atoms with E-state index in [0.29, 0.717) is 0 Å². The van der Waals surface area contributed by atoms with E-state index in [1.807, 2.05) is 13.1 Å². The van der Waals surface area contributed by atoms with Crippen LogP contribution in [0.2, 0.25) is 0 Å². The van der Waals surface area contributed by atoms with Crippen molar-refractivity contribution in [1.82, 2.24) is 10.2 Å². The third-order valence-corrected chi connectivity index (χ3v) is 2.47. The van der Waals surface area contributed by atoms with E-state index in [2.05, 4.69) is 46.7 Å². The number of anilines is 1. The number of hydrogen-bond donors (Lipinski definition) is 2. The summed E-state index contributed by atoms with van der Waals surface area (Å²) in [6.45, 7) is 4.93. The van der Waals surface area contributed by atoms with Gasteiger partial charge in [0, 0.05) is 23.5 Å². The first-order valence-electron chi connectivity index (χ1n) is 5.05. The van der Waals surface area contributed by atoms with Crippen molar-refractivity contribution in [1.29, 1.82) is 0 Å². The number of nitrogens with one attached hydrogen (secondary N) is 2. The van der Waals surface area contributed by atoms with Gasteiger partial charge < -0.3 is 5.32 Å². The Morgan fingerprint density at radius 3 is 2.53 bits per heavy atom. The molecule has 0 bridgehead atoms. The number of aromatic amines is 1. The molecular weight excluding hydrogens is 186 g/mol. The van der Waals surface area contributed by atoms with Crippen molar-refractivity contribution < 1.29 is 0 Å². The minimum atomic E-state index is 0.811. The van der Waals surface area contributed by atoms with Crippen molar-refractivity contribution >= 4 is 5.69 Å². The SMILES string of the molecule is Cc1ccc(NCc2cn[nH]c2C)cc1. The van der Waals surface area contributed by atoms with Crippen LogP contribution in [0.4, 0.5) is 5.69 Å². The molecule has 0 saturated heterocycles. The lowest BCUT2D eigenvalue weighted by Crippen LogP contribution is -1.99. The minimum Gasteiger partial charge on any atom is -0.381 e. The maximum atomic E-state index is 3.98. The molecule has 0 spiro atoms. The van der Waals surface area contributed by atoms with E-state index in [1.165, 1.54) is 11.1 Å². The van der Waals surface area contributed by atoms with Crippen molar-refractivity contribution in [3.8, 4) is 0 Å². The van der Waals surface area contributed by atoms with E-state index in [9.17, 15) is 0 Å². The number of H-pyrrole nitrogens is 1. The van der Waals surface area contributed by atoms with E-state index >= 15 is 0 Å². The summed E-state index contributed by atoms with van der Waals surface area (Å²) in [4.78, 5) is 0. The Kier molecular flexibility index (Phi) is 2.72. The molecule has 0 radical (unpaired) electrons. The van der Waals surface area contributed by atoms with Crippen LogP contribution in [-0.2, 0) is 6.54 Å². The van der Waals surface area contributed by atoms with Gasteiger partial charge in [-0.2, -0.15) is 5.10 Å². The molecule has 2 N–H and O–H groups in total. The van der Waals surface area contributed by atoms with Crippen LogP contribution in [0.25, 0.3) is 0 Å². The molecule has 3 heteroatoms. The van der Waals surface area contributed by atoms with Crippen molar-refractivity contribution in [3.05, 3.63) is 47.3 Å². The molecule has 0 unspecified atom stereocenters. The lowest BCUT2D eigenvalue weighted by Gasteiger charge is -2.05. The molecule has 0 atom stereocenters. The number of benzene rings is 1. The van der Waals surface area contributed by atoms with Gasteiger partial charge in [-0.1, -0.05) is 17.7 Å². The van der Waals surface area contributed by atoms with Crippen LogP contribution >= 0.6 is 0 Å². The van der Waals surface area contributed by atoms with Gasteiger partial charge in [-0.15, -0.1) is 0 Å². The molecule has 0 aliphatic heterocycles. The third-order valence-electron chi connectivity index (χ3n) is 2.47. The van der Waals surface area contributed by atoms with E-state index in [0.717, 1.165) is 17.9 Å². The summed E-state index contributed by atoms with van der Waals surface area (Å²) in [5, 5.41) is 10.3. The molecule has 2 rings (SSSR count). The van der Waals surface area contributed by atoms with Crippen molar-refractivity contribution in [3.63, 3.8) is 0 Å². The lowest BCUT2D eigenvalue weighted by atomic mass is 10.2. The zero-order valence-electron chi connectivity index (χ0n) is 9.04. The molecule has 1 aromatic carbocycles. The molecule has 78 valence electrons. The summed E-state index contributed by atoms with van der Waals surface area (Å²) in [7, 11) is 0. The number of rotatable bonds is 3. The topological polar surface area (TPSA) is 40.7 Å². The van der Waals surface area contributed by atoms with Gasteiger partial charge in [-0.3, -0.25) is 5.10 Å². The van der Waals surface area contributed by atoms with Gasteiger partial charge in [-0.25, -0.2) is 0 Å². The van der Waals surface area contributed by atoms with E-state index in [-0.39, 0.29) is 0 Å². The quantitative estimate of drug-likeness (QED) is 0.801. The summed E-state index contributed by atoms with van der Waals surface area (Å²) in [6.07, 6.45) is 1.86. The number of nitrogens with zero attached hydrogens (tertiary/aromatic N) is 1. The Hall–Kier alpha value is -1.77. The van der Waals surface area contributed by atoms with Crippen LogP contribution < -0.4 is 5.32 Å². The van der Waals surface area contributed by atoms with Gasteiger partial charge in [0.1, 0.15) is 0 Å². The second-order valence-electron chi connectivity index (χ2n) is 3.74. The predicted octanol–water partition coefficient (Wildman–Crippen LogP) is 2.64. The number of aromatic nitrogens is 2. The first-order valence-corrected chi connectivity index (χ1v) is 5.05. The first-order chi connectivity index (χ1) is 7.25. The van der Waals surface area contributed by atoms with Crippen molar-refractivity contribution in [2.45, 2.75) is 20.4 Å². The molecule has 0 aliphatic carbocycles. The average Bonchev–Trinajstić information content (AvgIpc) is 2.63. The highest BCUT2D eigenvalue weighted by molar-refractivity contribution is 5.44.